The van der Waals surface area contributed by atoms with Crippen LogP contribution in [0.3, 0.4) is 0 Å². The quantitative estimate of drug-likeness (QED) is 0.745. The van der Waals surface area contributed by atoms with E-state index in [-0.39, 0.29) is 6.03 Å². The van der Waals surface area contributed by atoms with Crippen molar-refractivity contribution < 1.29 is 14.3 Å². The second-order valence-corrected chi connectivity index (χ2v) is 6.23. The van der Waals surface area contributed by atoms with E-state index in [2.05, 4.69) is 24.1 Å². The van der Waals surface area contributed by atoms with Gasteiger partial charge in [0.2, 0.25) is 0 Å². The molecule has 0 bridgehead atoms. The largest absolute Gasteiger partial charge is 0.461 e. The molecule has 0 saturated heterocycles. The first-order valence-corrected chi connectivity index (χ1v) is 8.50. The van der Waals surface area contributed by atoms with Gasteiger partial charge in [-0.15, -0.1) is 11.3 Å². The minimum atomic E-state index is -0.420. The van der Waals surface area contributed by atoms with Crippen LogP contribution in [0.2, 0.25) is 0 Å². The Morgan fingerprint density at radius 1 is 1.41 bits per heavy atom. The number of hydrogen-bond donors (Lipinski definition) is 1. The lowest BCUT2D eigenvalue weighted by atomic mass is 10.1. The van der Waals surface area contributed by atoms with Crippen LogP contribution < -0.4 is 5.32 Å². The van der Waals surface area contributed by atoms with E-state index in [0.717, 1.165) is 11.4 Å². The first kappa shape index (κ1) is 18.4. The third-order valence-corrected chi connectivity index (χ3v) is 3.79. The highest BCUT2D eigenvalue weighted by Crippen LogP contribution is 2.14. The summed E-state index contributed by atoms with van der Waals surface area (Å²) >= 11 is 1.37. The Morgan fingerprint density at radius 2 is 2.14 bits per heavy atom. The van der Waals surface area contributed by atoms with Gasteiger partial charge in [0.1, 0.15) is 5.01 Å². The van der Waals surface area contributed by atoms with E-state index in [9.17, 15) is 9.59 Å². The fourth-order valence-corrected chi connectivity index (χ4v) is 2.55. The predicted molar refractivity (Wildman–Crippen MR) is 87.0 cm³/mol. The van der Waals surface area contributed by atoms with E-state index in [0.29, 0.717) is 37.9 Å². The molecule has 0 unspecified atom stereocenters. The zero-order valence-corrected chi connectivity index (χ0v) is 14.5. The predicted octanol–water partition coefficient (Wildman–Crippen LogP) is 2.90. The van der Waals surface area contributed by atoms with E-state index in [1.54, 1.807) is 17.2 Å². The first-order valence-electron chi connectivity index (χ1n) is 7.62. The third-order valence-electron chi connectivity index (χ3n) is 2.95. The van der Waals surface area contributed by atoms with Gasteiger partial charge in [-0.3, -0.25) is 0 Å². The van der Waals surface area contributed by atoms with E-state index in [4.69, 9.17) is 4.74 Å². The molecule has 6 nitrogen and oxygen atoms in total. The molecule has 7 heteroatoms. The molecule has 22 heavy (non-hydrogen) atoms. The number of amides is 2. The Labute approximate surface area is 135 Å². The van der Waals surface area contributed by atoms with Gasteiger partial charge < -0.3 is 15.0 Å². The minimum absolute atomic E-state index is 0.101. The van der Waals surface area contributed by atoms with Crippen molar-refractivity contribution in [1.29, 1.82) is 0 Å². The fraction of sp³-hybridized carbons (Fsp3) is 0.667. The Morgan fingerprint density at radius 3 is 2.73 bits per heavy atom. The zero-order valence-electron chi connectivity index (χ0n) is 13.7. The van der Waals surface area contributed by atoms with Gasteiger partial charge in [0.05, 0.1) is 13.2 Å². The standard InChI is InChI=1S/C15H25N3O3S/c1-5-16-15(20)18(8-7-11(3)4)9-13-17-12(10-22-13)14(19)21-6-2/h10-11H,5-9H2,1-4H3,(H,16,20). The number of urea groups is 1. The van der Waals surface area contributed by atoms with Gasteiger partial charge in [0.25, 0.3) is 0 Å². The Balaban J connectivity index is 2.71. The summed E-state index contributed by atoms with van der Waals surface area (Å²) in [6, 6.07) is -0.101. The Bertz CT molecular complexity index is 488. The van der Waals surface area contributed by atoms with Crippen molar-refractivity contribution in [3.05, 3.63) is 16.1 Å². The molecule has 1 aromatic rings. The molecule has 0 atom stereocenters. The maximum absolute atomic E-state index is 12.1. The van der Waals surface area contributed by atoms with Crippen molar-refractivity contribution in [2.45, 2.75) is 40.7 Å². The summed E-state index contributed by atoms with van der Waals surface area (Å²) < 4.78 is 4.92. The summed E-state index contributed by atoms with van der Waals surface area (Å²) in [5.41, 5.74) is 0.307. The molecular formula is C15H25N3O3S. The van der Waals surface area contributed by atoms with Crippen molar-refractivity contribution in [2.24, 2.45) is 5.92 Å². The molecule has 1 rings (SSSR count). The average Bonchev–Trinajstić information content (AvgIpc) is 2.92. The molecule has 1 N–H and O–H groups in total. The second-order valence-electron chi connectivity index (χ2n) is 5.29. The van der Waals surface area contributed by atoms with Gasteiger partial charge >= 0.3 is 12.0 Å². The van der Waals surface area contributed by atoms with E-state index < -0.39 is 5.97 Å². The van der Waals surface area contributed by atoms with Crippen molar-refractivity contribution in [3.63, 3.8) is 0 Å². The van der Waals surface area contributed by atoms with Crippen LogP contribution in [0.4, 0.5) is 4.79 Å². The molecule has 0 aromatic carbocycles. The number of aromatic nitrogens is 1. The molecule has 1 aromatic heterocycles. The number of rotatable bonds is 8. The molecule has 2 amide bonds. The normalized spacial score (nSPS) is 10.6. The van der Waals surface area contributed by atoms with Gasteiger partial charge in [-0.25, -0.2) is 14.6 Å². The smallest absolute Gasteiger partial charge is 0.357 e. The van der Waals surface area contributed by atoms with E-state index >= 15 is 0 Å². The van der Waals surface area contributed by atoms with Crippen LogP contribution >= 0.6 is 11.3 Å². The topological polar surface area (TPSA) is 71.5 Å². The highest BCUT2D eigenvalue weighted by atomic mass is 32.1. The maximum atomic E-state index is 12.1. The number of thiazole rings is 1. The molecular weight excluding hydrogens is 302 g/mol. The van der Waals surface area contributed by atoms with Crippen LogP contribution in [0.1, 0.15) is 49.6 Å². The van der Waals surface area contributed by atoms with Gasteiger partial charge in [0.15, 0.2) is 5.69 Å². The molecule has 0 spiro atoms. The summed E-state index contributed by atoms with van der Waals surface area (Å²) in [6.07, 6.45) is 0.924. The van der Waals surface area contributed by atoms with Crippen molar-refractivity contribution in [1.82, 2.24) is 15.2 Å². The third kappa shape index (κ3) is 6.01. The van der Waals surface area contributed by atoms with Crippen LogP contribution in [0.15, 0.2) is 5.38 Å². The van der Waals surface area contributed by atoms with Crippen LogP contribution in [0, 0.1) is 5.92 Å². The number of nitrogens with one attached hydrogen (secondary N) is 1. The summed E-state index contributed by atoms with van der Waals surface area (Å²) in [6.45, 7) is 9.87. The summed E-state index contributed by atoms with van der Waals surface area (Å²) in [5, 5.41) is 5.22. The highest BCUT2D eigenvalue weighted by molar-refractivity contribution is 7.09. The Hall–Kier alpha value is -1.63. The first-order chi connectivity index (χ1) is 10.5. The number of hydrogen-bond acceptors (Lipinski definition) is 5. The lowest BCUT2D eigenvalue weighted by molar-refractivity contribution is 0.0520. The fourth-order valence-electron chi connectivity index (χ4n) is 1.78. The zero-order chi connectivity index (χ0) is 16.5. The molecule has 0 radical (unpaired) electrons. The van der Waals surface area contributed by atoms with Crippen molar-refractivity contribution in [2.75, 3.05) is 19.7 Å². The number of carbonyl (C=O) groups is 2. The van der Waals surface area contributed by atoms with Crippen LogP contribution in [0.5, 0.6) is 0 Å². The molecule has 124 valence electrons. The molecule has 0 fully saturated rings. The summed E-state index contributed by atoms with van der Waals surface area (Å²) in [4.78, 5) is 29.7. The number of ether oxygens (including phenoxy) is 1. The maximum Gasteiger partial charge on any atom is 0.357 e. The number of carbonyl (C=O) groups excluding carboxylic acids is 2. The molecule has 0 saturated carbocycles. The molecule has 0 aliphatic rings. The van der Waals surface area contributed by atoms with Crippen molar-refractivity contribution >= 4 is 23.3 Å². The Kier molecular flexibility index (Phi) is 7.87. The van der Waals surface area contributed by atoms with Gasteiger partial charge in [0, 0.05) is 18.5 Å². The molecule has 0 aliphatic carbocycles. The van der Waals surface area contributed by atoms with Gasteiger partial charge in [-0.2, -0.15) is 0 Å². The van der Waals surface area contributed by atoms with Crippen LogP contribution in [-0.2, 0) is 11.3 Å². The van der Waals surface area contributed by atoms with E-state index in [1.807, 2.05) is 6.92 Å². The SMILES string of the molecule is CCNC(=O)N(CCC(C)C)Cc1nc(C(=O)OCC)cs1. The lowest BCUT2D eigenvalue weighted by Gasteiger charge is -2.22. The number of nitrogens with zero attached hydrogens (tertiary/aromatic N) is 2. The van der Waals surface area contributed by atoms with Crippen LogP contribution in [0.25, 0.3) is 0 Å². The average molecular weight is 327 g/mol. The van der Waals surface area contributed by atoms with Crippen molar-refractivity contribution in [3.8, 4) is 0 Å². The van der Waals surface area contributed by atoms with Gasteiger partial charge in [-0.05, 0) is 26.2 Å². The van der Waals surface area contributed by atoms with E-state index in [1.165, 1.54) is 11.3 Å². The lowest BCUT2D eigenvalue weighted by Crippen LogP contribution is -2.40. The minimum Gasteiger partial charge on any atom is -0.461 e. The molecule has 1 heterocycles. The second kappa shape index (κ2) is 9.40. The van der Waals surface area contributed by atoms with Crippen LogP contribution in [-0.4, -0.2) is 41.6 Å². The molecule has 0 aliphatic heterocycles. The summed E-state index contributed by atoms with van der Waals surface area (Å²) in [5.74, 6) is 0.0973. The monoisotopic (exact) mass is 327 g/mol. The highest BCUT2D eigenvalue weighted by Gasteiger charge is 2.17. The van der Waals surface area contributed by atoms with Gasteiger partial charge in [-0.1, -0.05) is 13.8 Å². The number of esters is 1. The summed E-state index contributed by atoms with van der Waals surface area (Å²) in [7, 11) is 0.